The van der Waals surface area contributed by atoms with Crippen LogP contribution >= 0.6 is 0 Å². The fourth-order valence-corrected chi connectivity index (χ4v) is 3.69. The summed E-state index contributed by atoms with van der Waals surface area (Å²) >= 11 is 0. The molecule has 1 aliphatic carbocycles. The number of hydrogen-bond donors (Lipinski definition) is 1. The van der Waals surface area contributed by atoms with Crippen LogP contribution in [0.3, 0.4) is 0 Å². The molecule has 0 radical (unpaired) electrons. The zero-order valence-electron chi connectivity index (χ0n) is 14.8. The van der Waals surface area contributed by atoms with E-state index < -0.39 is 0 Å². The van der Waals surface area contributed by atoms with Gasteiger partial charge in [0.25, 0.3) is 0 Å². The molecular weight excluding hydrogens is 258 g/mol. The van der Waals surface area contributed by atoms with Crippen molar-refractivity contribution < 1.29 is 0 Å². The van der Waals surface area contributed by atoms with Gasteiger partial charge in [-0.1, -0.05) is 27.2 Å². The largest absolute Gasteiger partial charge is 0.310 e. The number of rotatable bonds is 5. The molecule has 120 valence electrons. The third-order valence-corrected chi connectivity index (χ3v) is 5.97. The Morgan fingerprint density at radius 1 is 1.19 bits per heavy atom. The van der Waals surface area contributed by atoms with Crippen molar-refractivity contribution in [3.63, 3.8) is 0 Å². The Morgan fingerprint density at radius 3 is 2.29 bits per heavy atom. The first-order valence-corrected chi connectivity index (χ1v) is 8.57. The van der Waals surface area contributed by atoms with E-state index >= 15 is 0 Å². The van der Waals surface area contributed by atoms with Crippen molar-refractivity contribution in [1.82, 2.24) is 15.1 Å². The number of nitrogens with zero attached hydrogens (tertiary/aromatic N) is 2. The van der Waals surface area contributed by atoms with E-state index in [2.05, 4.69) is 45.0 Å². The lowest BCUT2D eigenvalue weighted by atomic mass is 9.69. The summed E-state index contributed by atoms with van der Waals surface area (Å²) in [5, 5.41) is 8.28. The molecule has 1 aromatic heterocycles. The summed E-state index contributed by atoms with van der Waals surface area (Å²) in [5.74, 6) is 0.905. The number of nitrogens with one attached hydrogen (secondary N) is 1. The second kappa shape index (κ2) is 6.51. The molecule has 0 unspecified atom stereocenters. The first-order valence-electron chi connectivity index (χ1n) is 8.57. The quantitative estimate of drug-likeness (QED) is 0.884. The van der Waals surface area contributed by atoms with Gasteiger partial charge in [0.05, 0.1) is 5.69 Å². The molecule has 0 bridgehead atoms. The third-order valence-electron chi connectivity index (χ3n) is 5.97. The molecule has 0 amide bonds. The molecule has 1 aliphatic rings. The van der Waals surface area contributed by atoms with Gasteiger partial charge in [0.15, 0.2) is 0 Å². The van der Waals surface area contributed by atoms with E-state index in [1.807, 2.05) is 11.7 Å². The van der Waals surface area contributed by atoms with Crippen LogP contribution in [0.25, 0.3) is 0 Å². The highest BCUT2D eigenvalue weighted by Gasteiger charge is 2.31. The Bertz CT molecular complexity index is 465. The Morgan fingerprint density at radius 2 is 1.81 bits per heavy atom. The SMILES string of the molecule is CCC(C)(C)C1CCC(NCc2c(C)nn(C)c2C)CC1. The summed E-state index contributed by atoms with van der Waals surface area (Å²) in [6.07, 6.45) is 6.70. The zero-order chi connectivity index (χ0) is 15.6. The van der Waals surface area contributed by atoms with Gasteiger partial charge in [-0.05, 0) is 50.9 Å². The summed E-state index contributed by atoms with van der Waals surface area (Å²) in [6.45, 7) is 12.5. The van der Waals surface area contributed by atoms with Gasteiger partial charge in [0, 0.05) is 30.9 Å². The van der Waals surface area contributed by atoms with Crippen LogP contribution in [0.2, 0.25) is 0 Å². The normalized spacial score (nSPS) is 23.5. The molecular formula is C18H33N3. The van der Waals surface area contributed by atoms with E-state index in [1.165, 1.54) is 49.1 Å². The highest BCUT2D eigenvalue weighted by Crippen LogP contribution is 2.40. The minimum atomic E-state index is 0.515. The van der Waals surface area contributed by atoms with Gasteiger partial charge in [-0.3, -0.25) is 4.68 Å². The van der Waals surface area contributed by atoms with E-state index in [1.54, 1.807) is 0 Å². The summed E-state index contributed by atoms with van der Waals surface area (Å²) in [6, 6.07) is 0.688. The van der Waals surface area contributed by atoms with Crippen LogP contribution in [-0.2, 0) is 13.6 Å². The zero-order valence-corrected chi connectivity index (χ0v) is 14.8. The Labute approximate surface area is 130 Å². The van der Waals surface area contributed by atoms with E-state index in [0.29, 0.717) is 11.5 Å². The van der Waals surface area contributed by atoms with Crippen LogP contribution in [-0.4, -0.2) is 15.8 Å². The van der Waals surface area contributed by atoms with Crippen LogP contribution in [0.4, 0.5) is 0 Å². The summed E-state index contributed by atoms with van der Waals surface area (Å²) in [4.78, 5) is 0. The fourth-order valence-electron chi connectivity index (χ4n) is 3.69. The molecule has 0 aromatic carbocycles. The van der Waals surface area contributed by atoms with Crippen LogP contribution in [0.15, 0.2) is 0 Å². The van der Waals surface area contributed by atoms with Crippen molar-refractivity contribution in [2.45, 2.75) is 79.3 Å². The van der Waals surface area contributed by atoms with Crippen molar-refractivity contribution in [1.29, 1.82) is 0 Å². The maximum absolute atomic E-state index is 4.51. The van der Waals surface area contributed by atoms with Gasteiger partial charge < -0.3 is 5.32 Å². The number of aromatic nitrogens is 2. The van der Waals surface area contributed by atoms with Gasteiger partial charge in [-0.15, -0.1) is 0 Å². The van der Waals surface area contributed by atoms with Crippen molar-refractivity contribution in [2.75, 3.05) is 0 Å². The van der Waals surface area contributed by atoms with Crippen molar-refractivity contribution in [3.05, 3.63) is 17.0 Å². The summed E-state index contributed by atoms with van der Waals surface area (Å²) in [7, 11) is 2.03. The first-order chi connectivity index (χ1) is 9.85. The Kier molecular flexibility index (Phi) is 5.13. The number of hydrogen-bond acceptors (Lipinski definition) is 2. The van der Waals surface area contributed by atoms with Gasteiger partial charge in [-0.25, -0.2) is 0 Å². The predicted octanol–water partition coefficient (Wildman–Crippen LogP) is 4.12. The molecule has 1 heterocycles. The second-order valence-electron chi connectivity index (χ2n) is 7.54. The molecule has 0 aliphatic heterocycles. The molecule has 1 aromatic rings. The summed E-state index contributed by atoms with van der Waals surface area (Å²) in [5.41, 5.74) is 4.36. The molecule has 2 rings (SSSR count). The van der Waals surface area contributed by atoms with E-state index in [9.17, 15) is 0 Å². The van der Waals surface area contributed by atoms with Gasteiger partial charge >= 0.3 is 0 Å². The number of aryl methyl sites for hydroxylation is 2. The molecule has 0 atom stereocenters. The standard InChI is InChI=1S/C18H33N3/c1-7-18(4,5)15-8-10-16(11-9-15)19-12-17-13(2)20-21(6)14(17)3/h15-16,19H,7-12H2,1-6H3. The van der Waals surface area contributed by atoms with Crippen LogP contribution < -0.4 is 5.32 Å². The fraction of sp³-hybridized carbons (Fsp3) is 0.833. The van der Waals surface area contributed by atoms with Crippen molar-refractivity contribution in [2.24, 2.45) is 18.4 Å². The molecule has 1 fully saturated rings. The highest BCUT2D eigenvalue weighted by molar-refractivity contribution is 5.24. The van der Waals surface area contributed by atoms with Crippen molar-refractivity contribution >= 4 is 0 Å². The smallest absolute Gasteiger partial charge is 0.0641 e. The lowest BCUT2D eigenvalue weighted by molar-refractivity contribution is 0.137. The average molecular weight is 291 g/mol. The second-order valence-corrected chi connectivity index (χ2v) is 7.54. The lowest BCUT2D eigenvalue weighted by Gasteiger charge is -2.39. The molecule has 3 nitrogen and oxygen atoms in total. The van der Waals surface area contributed by atoms with Crippen LogP contribution in [0, 0.1) is 25.2 Å². The lowest BCUT2D eigenvalue weighted by Crippen LogP contribution is -2.36. The molecule has 1 N–H and O–H groups in total. The van der Waals surface area contributed by atoms with Gasteiger partial charge in [0.2, 0.25) is 0 Å². The van der Waals surface area contributed by atoms with E-state index in [0.717, 1.165) is 12.5 Å². The van der Waals surface area contributed by atoms with Crippen LogP contribution in [0.1, 0.15) is 69.8 Å². The highest BCUT2D eigenvalue weighted by atomic mass is 15.3. The monoisotopic (exact) mass is 291 g/mol. The van der Waals surface area contributed by atoms with E-state index in [-0.39, 0.29) is 0 Å². The van der Waals surface area contributed by atoms with Gasteiger partial charge in [-0.2, -0.15) is 5.10 Å². The maximum Gasteiger partial charge on any atom is 0.0641 e. The van der Waals surface area contributed by atoms with Crippen LogP contribution in [0.5, 0.6) is 0 Å². The van der Waals surface area contributed by atoms with Gasteiger partial charge in [0.1, 0.15) is 0 Å². The Balaban J connectivity index is 1.84. The molecule has 0 saturated heterocycles. The molecule has 1 saturated carbocycles. The maximum atomic E-state index is 4.51. The Hall–Kier alpha value is -0.830. The van der Waals surface area contributed by atoms with E-state index in [4.69, 9.17) is 0 Å². The minimum Gasteiger partial charge on any atom is -0.310 e. The molecule has 0 spiro atoms. The minimum absolute atomic E-state index is 0.515. The summed E-state index contributed by atoms with van der Waals surface area (Å²) < 4.78 is 1.99. The first kappa shape index (κ1) is 16.5. The third kappa shape index (κ3) is 3.68. The topological polar surface area (TPSA) is 29.9 Å². The molecule has 3 heteroatoms. The predicted molar refractivity (Wildman–Crippen MR) is 89.3 cm³/mol. The molecule has 21 heavy (non-hydrogen) atoms. The average Bonchev–Trinajstić information content (AvgIpc) is 2.71. The van der Waals surface area contributed by atoms with Crippen molar-refractivity contribution in [3.8, 4) is 0 Å².